The molecule has 3 aliphatic heterocycles. The van der Waals surface area contributed by atoms with Gasteiger partial charge in [0, 0.05) is 41.7 Å². The molecular formula is C47H52FN9O6S. The number of halogens is 1. The molecule has 1 aliphatic carbocycles. The fourth-order valence-electron chi connectivity index (χ4n) is 9.31. The lowest BCUT2D eigenvalue weighted by atomic mass is 10.0. The highest BCUT2D eigenvalue weighted by molar-refractivity contribution is 7.11. The molecule has 4 aromatic heterocycles. The molecule has 0 bridgehead atoms. The van der Waals surface area contributed by atoms with Gasteiger partial charge >= 0.3 is 12.2 Å². The van der Waals surface area contributed by atoms with E-state index in [0.717, 1.165) is 64.1 Å². The molecule has 3 fully saturated rings. The number of benzene rings is 2. The Balaban J connectivity index is 0.976. The zero-order valence-electron chi connectivity index (χ0n) is 36.7. The molecule has 17 heteroatoms. The molecule has 10 rings (SSSR count). The first-order chi connectivity index (χ1) is 30.7. The number of alkyl carbamates (subject to hydrolysis) is 1. The summed E-state index contributed by atoms with van der Waals surface area (Å²) < 4.78 is 36.2. The molecule has 334 valence electrons. The first-order valence-corrected chi connectivity index (χ1v) is 22.9. The fraction of sp³-hybridized carbons (Fsp3) is 0.447. The van der Waals surface area contributed by atoms with Crippen LogP contribution in [-0.2, 0) is 14.3 Å². The van der Waals surface area contributed by atoms with Crippen molar-refractivity contribution in [3.63, 3.8) is 0 Å². The Labute approximate surface area is 373 Å². The fourth-order valence-corrected chi connectivity index (χ4v) is 10.4. The SMILES string of the molecule is COC(=O)N[C@H](C(=O)N1CCC[C@H]1c1ncc(-c2cc(F)c3c(c2)OC(c2cnc(C4CC4)s2)n2c-3cc3cc(-c4cnc([C@@H]5CCCN5C(=O)OC(C)(C)C)[nH]4)ccc32)[nH]1)C(C)C. The summed E-state index contributed by atoms with van der Waals surface area (Å²) in [5.74, 6) is 1.31. The third kappa shape index (κ3) is 7.66. The van der Waals surface area contributed by atoms with Gasteiger partial charge in [-0.15, -0.1) is 11.3 Å². The summed E-state index contributed by atoms with van der Waals surface area (Å²) in [4.78, 5) is 64.5. The number of aromatic amines is 2. The van der Waals surface area contributed by atoms with Crippen LogP contribution < -0.4 is 10.1 Å². The zero-order valence-corrected chi connectivity index (χ0v) is 37.6. The average molecular weight is 890 g/mol. The van der Waals surface area contributed by atoms with Gasteiger partial charge in [0.1, 0.15) is 34.9 Å². The summed E-state index contributed by atoms with van der Waals surface area (Å²) >= 11 is 1.63. The van der Waals surface area contributed by atoms with Gasteiger partial charge in [-0.2, -0.15) is 0 Å². The molecule has 3 amide bonds. The van der Waals surface area contributed by atoms with Crippen molar-refractivity contribution in [1.82, 2.24) is 44.6 Å². The number of carbonyl (C=O) groups excluding carboxylic acids is 3. The van der Waals surface area contributed by atoms with Crippen LogP contribution in [0.1, 0.15) is 119 Å². The Morgan fingerprint density at radius 3 is 2.25 bits per heavy atom. The number of ether oxygens (including phenoxy) is 3. The van der Waals surface area contributed by atoms with Crippen LogP contribution in [0.3, 0.4) is 0 Å². The minimum absolute atomic E-state index is 0.167. The van der Waals surface area contributed by atoms with Gasteiger partial charge in [-0.1, -0.05) is 19.9 Å². The minimum atomic E-state index is -0.762. The van der Waals surface area contributed by atoms with Gasteiger partial charge in [0.15, 0.2) is 0 Å². The van der Waals surface area contributed by atoms with Gasteiger partial charge < -0.3 is 34.4 Å². The average Bonchev–Trinajstić information content (AvgIpc) is 3.98. The van der Waals surface area contributed by atoms with Gasteiger partial charge in [0.2, 0.25) is 12.1 Å². The number of rotatable bonds is 9. The van der Waals surface area contributed by atoms with Gasteiger partial charge in [-0.05, 0) is 95.5 Å². The van der Waals surface area contributed by atoms with Crippen LogP contribution in [0.15, 0.2) is 55.0 Å². The normalized spacial score (nSPS) is 20.0. The van der Waals surface area contributed by atoms with Crippen molar-refractivity contribution in [3.8, 4) is 39.5 Å². The third-order valence-electron chi connectivity index (χ3n) is 12.6. The van der Waals surface area contributed by atoms with E-state index in [2.05, 4.69) is 25.9 Å². The number of nitrogens with one attached hydrogen (secondary N) is 3. The topological polar surface area (TPSA) is 173 Å². The molecule has 1 unspecified atom stereocenters. The van der Waals surface area contributed by atoms with Crippen molar-refractivity contribution < 1.29 is 33.0 Å². The van der Waals surface area contributed by atoms with Crippen molar-refractivity contribution in [2.24, 2.45) is 5.92 Å². The Kier molecular flexibility index (Phi) is 10.5. The number of hydrogen-bond donors (Lipinski definition) is 3. The van der Waals surface area contributed by atoms with Gasteiger partial charge in [0.05, 0.1) is 69.6 Å². The molecule has 4 atom stereocenters. The van der Waals surface area contributed by atoms with Crippen molar-refractivity contribution in [1.29, 1.82) is 0 Å². The molecule has 0 spiro atoms. The quantitative estimate of drug-likeness (QED) is 0.128. The molecule has 6 aromatic rings. The highest BCUT2D eigenvalue weighted by atomic mass is 32.1. The first-order valence-electron chi connectivity index (χ1n) is 22.1. The minimum Gasteiger partial charge on any atom is -0.464 e. The molecule has 64 heavy (non-hydrogen) atoms. The maximum atomic E-state index is 16.8. The van der Waals surface area contributed by atoms with E-state index >= 15 is 4.39 Å². The number of aromatic nitrogens is 6. The number of hydrogen-bond acceptors (Lipinski definition) is 10. The Morgan fingerprint density at radius 1 is 0.891 bits per heavy atom. The molecule has 2 saturated heterocycles. The van der Waals surface area contributed by atoms with Crippen molar-refractivity contribution >= 4 is 40.3 Å². The summed E-state index contributed by atoms with van der Waals surface area (Å²) in [6, 6.07) is 10.2. The summed E-state index contributed by atoms with van der Waals surface area (Å²) in [5, 5.41) is 4.67. The van der Waals surface area contributed by atoms with Crippen LogP contribution in [-0.4, -0.2) is 89.2 Å². The predicted octanol–water partition coefficient (Wildman–Crippen LogP) is 9.62. The molecule has 0 radical (unpaired) electrons. The van der Waals surface area contributed by atoms with E-state index in [4.69, 9.17) is 29.2 Å². The lowest BCUT2D eigenvalue weighted by molar-refractivity contribution is -0.135. The maximum Gasteiger partial charge on any atom is 0.410 e. The smallest absolute Gasteiger partial charge is 0.410 e. The number of fused-ring (bicyclic) bond motifs is 5. The highest BCUT2D eigenvalue weighted by Crippen LogP contribution is 2.50. The van der Waals surface area contributed by atoms with Crippen LogP contribution in [0, 0.1) is 11.7 Å². The second-order valence-electron chi connectivity index (χ2n) is 18.6. The summed E-state index contributed by atoms with van der Waals surface area (Å²) in [7, 11) is 1.27. The highest BCUT2D eigenvalue weighted by Gasteiger charge is 2.39. The van der Waals surface area contributed by atoms with Crippen LogP contribution >= 0.6 is 11.3 Å². The molecular weight excluding hydrogens is 838 g/mol. The van der Waals surface area contributed by atoms with Gasteiger partial charge in [0.25, 0.3) is 0 Å². The largest absolute Gasteiger partial charge is 0.464 e. The molecule has 7 heterocycles. The Bertz CT molecular complexity index is 2780. The Hall–Kier alpha value is -6.23. The number of H-pyrrole nitrogens is 2. The number of amides is 3. The monoisotopic (exact) mass is 889 g/mol. The number of carbonyl (C=O) groups is 3. The number of nitrogens with zero attached hydrogens (tertiary/aromatic N) is 6. The number of thiazole rings is 1. The standard InChI is InChI=1S/C47H52FN9O6S/c1-24(2)39(54-45(59)61-6)43(58)55-15-7-9-33(55)40-50-22-31(53-40)27-18-29(48)38-35-19-28-17-26(30-21-49-41(52-30)34-10-8-16-56(34)46(60)63-47(3,4)5)13-14-32(28)57(35)44(62-36(38)20-27)37-23-51-42(64-37)25-11-12-25/h13-14,17-25,33-34,39,44H,7-12,15-16H2,1-6H3,(H,49,52)(H,50,53)(H,54,59)/t33-,34-,39-,44?/m0/s1. The molecule has 4 aliphatic rings. The summed E-state index contributed by atoms with van der Waals surface area (Å²) in [6.07, 6.45) is 9.06. The van der Waals surface area contributed by atoms with Crippen molar-refractivity contribution in [2.75, 3.05) is 20.2 Å². The third-order valence-corrected chi connectivity index (χ3v) is 13.8. The van der Waals surface area contributed by atoms with Crippen LogP contribution in [0.2, 0.25) is 0 Å². The van der Waals surface area contributed by atoms with E-state index in [9.17, 15) is 14.4 Å². The second-order valence-corrected chi connectivity index (χ2v) is 19.7. The van der Waals surface area contributed by atoms with E-state index < -0.39 is 29.8 Å². The van der Waals surface area contributed by atoms with Crippen molar-refractivity contribution in [2.45, 2.75) is 109 Å². The van der Waals surface area contributed by atoms with Gasteiger partial charge in [-0.3, -0.25) is 14.3 Å². The zero-order chi connectivity index (χ0) is 44.6. The maximum absolute atomic E-state index is 16.8. The molecule has 1 saturated carbocycles. The van der Waals surface area contributed by atoms with E-state index in [-0.39, 0.29) is 30.0 Å². The van der Waals surface area contributed by atoms with E-state index in [1.807, 2.05) is 65.1 Å². The lowest BCUT2D eigenvalue weighted by Gasteiger charge is -2.30. The van der Waals surface area contributed by atoms with Crippen LogP contribution in [0.5, 0.6) is 5.75 Å². The molecule has 2 aromatic carbocycles. The van der Waals surface area contributed by atoms with E-state index in [1.54, 1.807) is 33.5 Å². The summed E-state index contributed by atoms with van der Waals surface area (Å²) in [6.45, 7) is 10.5. The second kappa shape index (κ2) is 16.1. The number of likely N-dealkylation sites (tertiary alicyclic amines) is 2. The number of imidazole rings is 2. The Morgan fingerprint density at radius 2 is 1.58 bits per heavy atom. The van der Waals surface area contributed by atoms with Crippen LogP contribution in [0.25, 0.3) is 44.7 Å². The van der Waals surface area contributed by atoms with E-state index in [0.29, 0.717) is 65.3 Å². The number of methoxy groups -OCH3 is 1. The van der Waals surface area contributed by atoms with Gasteiger partial charge in [-0.25, -0.2) is 28.9 Å². The van der Waals surface area contributed by atoms with Crippen LogP contribution in [0.4, 0.5) is 14.0 Å². The molecule has 3 N–H and O–H groups in total. The molecule has 15 nitrogen and oxygen atoms in total. The summed E-state index contributed by atoms with van der Waals surface area (Å²) in [5.41, 5.74) is 4.14. The van der Waals surface area contributed by atoms with Crippen molar-refractivity contribution in [3.05, 3.63) is 82.3 Å². The predicted molar refractivity (Wildman–Crippen MR) is 238 cm³/mol. The first kappa shape index (κ1) is 41.8. The van der Waals surface area contributed by atoms with E-state index in [1.165, 1.54) is 13.2 Å². The lowest BCUT2D eigenvalue weighted by Crippen LogP contribution is -2.51.